The van der Waals surface area contributed by atoms with Crippen LogP contribution in [0.5, 0.6) is 0 Å². The standard InChI is InChI=1S/C16H36N.2C4H6NO5.C2H3N.V/c1-5-9-13-17(14-10-6-2,15-11-7-3)16-12-8-4;2*6-3(7)1-5(10)2-4(8)9;1-2-3;/h5-16H2,1-4H3;2*1-2H2,(H,6,7)(H,8,9);1H3;/q+1;2*-1;;/p-4. The van der Waals surface area contributed by atoms with Gasteiger partial charge in [-0.3, -0.25) is 0 Å². The minimum Gasteiger partial charge on any atom is -0.785 e. The molecule has 241 valence electrons. The summed E-state index contributed by atoms with van der Waals surface area (Å²) in [6, 6.07) is 1.75. The first kappa shape index (κ1) is 48.5. The van der Waals surface area contributed by atoms with Crippen molar-refractivity contribution in [2.24, 2.45) is 0 Å². The molecule has 0 heterocycles. The Balaban J connectivity index is -0.000000156. The van der Waals surface area contributed by atoms with Gasteiger partial charge >= 0.3 is 0 Å². The SMILES string of the molecule is CC#N.CCCC[N+](CCCC)(CCCC)CCCC.O=C([O-])CN([O-])CC(=O)[O-].O=C([O-])CN([O-])CC(=O)[O-].[V]. The number of hydrogen-bond donors (Lipinski definition) is 0. The number of quaternary nitrogens is 1. The molecule has 0 aliphatic carbocycles. The van der Waals surface area contributed by atoms with Crippen LogP contribution in [0, 0.1) is 21.7 Å². The predicted molar refractivity (Wildman–Crippen MR) is 141 cm³/mol. The summed E-state index contributed by atoms with van der Waals surface area (Å²) in [4.78, 5) is 38.5. The van der Waals surface area contributed by atoms with Crippen LogP contribution in [-0.2, 0) is 37.7 Å². The Labute approximate surface area is 256 Å². The number of unbranched alkanes of at least 4 members (excludes halogenated alkanes) is 4. The molecular formula is C26H47N4O10V-5. The van der Waals surface area contributed by atoms with Gasteiger partial charge in [0.1, 0.15) is 0 Å². The summed E-state index contributed by atoms with van der Waals surface area (Å²) in [7, 11) is 0. The zero-order chi connectivity index (χ0) is 32.0. The van der Waals surface area contributed by atoms with Crippen molar-refractivity contribution in [2.75, 3.05) is 52.4 Å². The number of rotatable bonds is 20. The first-order valence-electron chi connectivity index (χ1n) is 13.5. The van der Waals surface area contributed by atoms with E-state index in [4.69, 9.17) is 5.26 Å². The fourth-order valence-electron chi connectivity index (χ4n) is 3.33. The van der Waals surface area contributed by atoms with Crippen LogP contribution in [-0.4, -0.2) is 90.8 Å². The Bertz CT molecular complexity index is 605. The van der Waals surface area contributed by atoms with Crippen molar-refractivity contribution in [1.29, 1.82) is 5.26 Å². The van der Waals surface area contributed by atoms with Crippen molar-refractivity contribution in [3.8, 4) is 6.07 Å². The van der Waals surface area contributed by atoms with E-state index in [9.17, 15) is 50.0 Å². The Kier molecular flexibility index (Phi) is 40.2. The molecule has 14 nitrogen and oxygen atoms in total. The van der Waals surface area contributed by atoms with Crippen molar-refractivity contribution >= 4 is 23.9 Å². The molecule has 0 saturated heterocycles. The van der Waals surface area contributed by atoms with Gasteiger partial charge in [-0.1, -0.05) is 53.4 Å². The summed E-state index contributed by atoms with van der Waals surface area (Å²) >= 11 is 0. The molecule has 0 aromatic rings. The van der Waals surface area contributed by atoms with Crippen molar-refractivity contribution in [3.63, 3.8) is 0 Å². The first-order chi connectivity index (χ1) is 18.7. The molecule has 1 radical (unpaired) electrons. The maximum absolute atomic E-state index is 10.1. The van der Waals surface area contributed by atoms with Crippen molar-refractivity contribution < 1.29 is 62.6 Å². The van der Waals surface area contributed by atoms with E-state index in [2.05, 4.69) is 27.7 Å². The molecule has 0 rings (SSSR count). The molecular weight excluding hydrogens is 579 g/mol. The van der Waals surface area contributed by atoms with Crippen LogP contribution in [0.15, 0.2) is 0 Å². The van der Waals surface area contributed by atoms with Gasteiger partial charge in [0.25, 0.3) is 0 Å². The van der Waals surface area contributed by atoms with E-state index in [1.54, 1.807) is 6.07 Å². The number of nitrogens with zero attached hydrogens (tertiary/aromatic N) is 4. The molecule has 15 heteroatoms. The molecule has 0 N–H and O–H groups in total. The molecule has 0 bridgehead atoms. The minimum absolute atomic E-state index is 0. The fraction of sp³-hybridized carbons (Fsp3) is 0.808. The van der Waals surface area contributed by atoms with Gasteiger partial charge < -0.3 is 64.6 Å². The second-order valence-corrected chi connectivity index (χ2v) is 8.96. The monoisotopic (exact) mass is 626 g/mol. The smallest absolute Gasteiger partial charge is 0.0786 e. The zero-order valence-electron chi connectivity index (χ0n) is 25.1. The number of carboxylic acid groups (broad SMARTS) is 4. The van der Waals surface area contributed by atoms with E-state index >= 15 is 0 Å². The molecule has 41 heavy (non-hydrogen) atoms. The van der Waals surface area contributed by atoms with Crippen LogP contribution in [0.25, 0.3) is 0 Å². The van der Waals surface area contributed by atoms with E-state index in [-0.39, 0.29) is 28.7 Å². The third-order valence-electron chi connectivity index (χ3n) is 5.17. The maximum Gasteiger partial charge on any atom is 0.0786 e. The summed E-state index contributed by atoms with van der Waals surface area (Å²) in [6.07, 6.45) is 11.1. The van der Waals surface area contributed by atoms with Crippen LogP contribution in [0.1, 0.15) is 86.0 Å². The quantitative estimate of drug-likeness (QED) is 0.106. The van der Waals surface area contributed by atoms with Gasteiger partial charge in [0, 0.05) is 51.7 Å². The molecule has 0 aromatic heterocycles. The van der Waals surface area contributed by atoms with E-state index in [1.165, 1.54) is 89.0 Å². The molecule has 0 atom stereocenters. The minimum atomic E-state index is -1.61. The number of carboxylic acids is 4. The van der Waals surface area contributed by atoms with E-state index in [0.717, 1.165) is 0 Å². The average Bonchev–Trinajstić information content (AvgIpc) is 2.82. The van der Waals surface area contributed by atoms with Crippen molar-refractivity contribution in [2.45, 2.75) is 86.0 Å². The Morgan fingerprint density at radius 1 is 0.585 bits per heavy atom. The number of hydroxylamine groups is 4. The Morgan fingerprint density at radius 2 is 0.756 bits per heavy atom. The number of hydrogen-bond acceptors (Lipinski definition) is 13. The molecule has 0 amide bonds. The first-order valence-corrected chi connectivity index (χ1v) is 13.5. The third kappa shape index (κ3) is 42.4. The van der Waals surface area contributed by atoms with Crippen molar-refractivity contribution in [1.82, 2.24) is 10.1 Å². The summed E-state index contributed by atoms with van der Waals surface area (Å²) in [5.41, 5.74) is 0. The number of nitriles is 1. The molecule has 0 aliphatic heterocycles. The summed E-state index contributed by atoms with van der Waals surface area (Å²) in [6.45, 7) is 12.6. The molecule has 0 aliphatic rings. The summed E-state index contributed by atoms with van der Waals surface area (Å²) < 4.78 is 1.42. The van der Waals surface area contributed by atoms with Gasteiger partial charge in [0.05, 0.1) is 56.1 Å². The van der Waals surface area contributed by atoms with Gasteiger partial charge in [-0.2, -0.15) is 5.26 Å². The Hall–Kier alpha value is -2.25. The second-order valence-electron chi connectivity index (χ2n) is 8.96. The topological polar surface area (TPSA) is 237 Å². The third-order valence-corrected chi connectivity index (χ3v) is 5.17. The summed E-state index contributed by atoms with van der Waals surface area (Å²) in [5.74, 6) is -6.46. The number of carbonyl (C=O) groups is 4. The fourth-order valence-corrected chi connectivity index (χ4v) is 3.33. The molecule has 0 spiro atoms. The van der Waals surface area contributed by atoms with Crippen LogP contribution in [0.3, 0.4) is 0 Å². The molecule has 0 saturated carbocycles. The largest absolute Gasteiger partial charge is 0.785 e. The van der Waals surface area contributed by atoms with E-state index in [1.807, 2.05) is 0 Å². The van der Waals surface area contributed by atoms with Gasteiger partial charge in [-0.05, 0) is 25.7 Å². The molecule has 0 aromatic carbocycles. The van der Waals surface area contributed by atoms with E-state index < -0.39 is 50.1 Å². The normalized spacial score (nSPS) is 9.95. The molecule has 0 unspecified atom stereocenters. The van der Waals surface area contributed by atoms with Gasteiger partial charge in [-0.25, -0.2) is 0 Å². The van der Waals surface area contributed by atoms with Crippen LogP contribution in [0.2, 0.25) is 0 Å². The zero-order valence-corrected chi connectivity index (χ0v) is 26.5. The van der Waals surface area contributed by atoms with Gasteiger partial charge in [0.2, 0.25) is 0 Å². The van der Waals surface area contributed by atoms with Crippen molar-refractivity contribution in [3.05, 3.63) is 10.4 Å². The molecule has 0 fully saturated rings. The van der Waals surface area contributed by atoms with Gasteiger partial charge in [-0.15, -0.1) is 0 Å². The number of aliphatic carboxylic acids is 4. The summed E-state index contributed by atoms with van der Waals surface area (Å²) in [5, 5.41) is 65.7. The van der Waals surface area contributed by atoms with E-state index in [0.29, 0.717) is 0 Å². The predicted octanol–water partition coefficient (Wildman–Crippen LogP) is -1.90. The van der Waals surface area contributed by atoms with Crippen LogP contribution in [0.4, 0.5) is 0 Å². The number of carbonyl (C=O) groups excluding carboxylic acids is 4. The van der Waals surface area contributed by atoms with Crippen LogP contribution < -0.4 is 20.4 Å². The van der Waals surface area contributed by atoms with Crippen LogP contribution >= 0.6 is 0 Å². The average molecular weight is 627 g/mol. The Morgan fingerprint density at radius 3 is 0.878 bits per heavy atom. The maximum atomic E-state index is 10.1. The van der Waals surface area contributed by atoms with Gasteiger partial charge in [0.15, 0.2) is 0 Å². The second kappa shape index (κ2) is 34.0.